The summed E-state index contributed by atoms with van der Waals surface area (Å²) in [7, 11) is 0. The molecule has 0 unspecified atom stereocenters. The van der Waals surface area contributed by atoms with Gasteiger partial charge in [0.1, 0.15) is 11.6 Å². The Kier molecular flexibility index (Phi) is 3.77. The third kappa shape index (κ3) is 2.97. The highest BCUT2D eigenvalue weighted by molar-refractivity contribution is 5.61. The summed E-state index contributed by atoms with van der Waals surface area (Å²) < 4.78 is 13.4. The standard InChI is InChI=1S/C14H16FN3/c1-10-6-7-13(16)14(18-10)17-9-8-11-4-2-3-5-12(11)15/h2-7H,8-9,16H2,1H3,(H,17,18). The predicted molar refractivity (Wildman–Crippen MR) is 72.0 cm³/mol. The summed E-state index contributed by atoms with van der Waals surface area (Å²) in [5, 5.41) is 3.13. The fourth-order valence-corrected chi connectivity index (χ4v) is 1.73. The Balaban J connectivity index is 1.96. The van der Waals surface area contributed by atoms with Crippen molar-refractivity contribution in [3.05, 3.63) is 53.5 Å². The van der Waals surface area contributed by atoms with Gasteiger partial charge in [-0.05, 0) is 37.1 Å². The highest BCUT2D eigenvalue weighted by Gasteiger charge is 2.03. The van der Waals surface area contributed by atoms with Crippen LogP contribution in [0.15, 0.2) is 36.4 Å². The molecule has 0 atom stereocenters. The molecule has 2 aromatic rings. The number of halogens is 1. The van der Waals surface area contributed by atoms with Crippen LogP contribution in [0.2, 0.25) is 0 Å². The lowest BCUT2D eigenvalue weighted by molar-refractivity contribution is 0.610. The monoisotopic (exact) mass is 245 g/mol. The van der Waals surface area contributed by atoms with E-state index in [1.807, 2.05) is 25.1 Å². The van der Waals surface area contributed by atoms with Crippen molar-refractivity contribution in [1.29, 1.82) is 0 Å². The number of nitrogen functional groups attached to an aromatic ring is 1. The first-order valence-corrected chi connectivity index (χ1v) is 5.87. The average molecular weight is 245 g/mol. The van der Waals surface area contributed by atoms with Crippen LogP contribution in [0.3, 0.4) is 0 Å². The van der Waals surface area contributed by atoms with E-state index in [1.54, 1.807) is 12.1 Å². The van der Waals surface area contributed by atoms with Crippen molar-refractivity contribution < 1.29 is 4.39 Å². The van der Waals surface area contributed by atoms with Gasteiger partial charge < -0.3 is 11.1 Å². The van der Waals surface area contributed by atoms with Crippen molar-refractivity contribution >= 4 is 11.5 Å². The highest BCUT2D eigenvalue weighted by atomic mass is 19.1. The first-order chi connectivity index (χ1) is 8.66. The number of rotatable bonds is 4. The number of aryl methyl sites for hydroxylation is 1. The van der Waals surface area contributed by atoms with Gasteiger partial charge >= 0.3 is 0 Å². The molecule has 0 bridgehead atoms. The van der Waals surface area contributed by atoms with E-state index in [-0.39, 0.29) is 5.82 Å². The molecule has 0 amide bonds. The zero-order valence-electron chi connectivity index (χ0n) is 10.3. The largest absolute Gasteiger partial charge is 0.396 e. The molecule has 0 aliphatic rings. The zero-order chi connectivity index (χ0) is 13.0. The van der Waals surface area contributed by atoms with E-state index in [0.29, 0.717) is 30.0 Å². The topological polar surface area (TPSA) is 50.9 Å². The Labute approximate surface area is 106 Å². The van der Waals surface area contributed by atoms with Crippen LogP contribution in [-0.2, 0) is 6.42 Å². The van der Waals surface area contributed by atoms with Crippen LogP contribution >= 0.6 is 0 Å². The second-order valence-corrected chi connectivity index (χ2v) is 4.16. The molecule has 18 heavy (non-hydrogen) atoms. The summed E-state index contributed by atoms with van der Waals surface area (Å²) in [6.45, 7) is 2.50. The Morgan fingerprint density at radius 3 is 2.78 bits per heavy atom. The number of aromatic nitrogens is 1. The van der Waals surface area contributed by atoms with E-state index in [4.69, 9.17) is 5.73 Å². The van der Waals surface area contributed by atoms with Crippen LogP contribution < -0.4 is 11.1 Å². The summed E-state index contributed by atoms with van der Waals surface area (Å²) in [4.78, 5) is 4.30. The van der Waals surface area contributed by atoms with Gasteiger partial charge in [0.25, 0.3) is 0 Å². The van der Waals surface area contributed by atoms with Gasteiger partial charge in [-0.3, -0.25) is 0 Å². The van der Waals surface area contributed by atoms with Gasteiger partial charge in [0, 0.05) is 12.2 Å². The molecule has 2 rings (SSSR count). The minimum atomic E-state index is -0.176. The van der Waals surface area contributed by atoms with Crippen molar-refractivity contribution in [2.75, 3.05) is 17.6 Å². The molecule has 94 valence electrons. The van der Waals surface area contributed by atoms with Crippen LogP contribution in [0, 0.1) is 12.7 Å². The second-order valence-electron chi connectivity index (χ2n) is 4.16. The number of pyridine rings is 1. The van der Waals surface area contributed by atoms with Crippen LogP contribution in [0.25, 0.3) is 0 Å². The average Bonchev–Trinajstić information content (AvgIpc) is 2.36. The molecular formula is C14H16FN3. The van der Waals surface area contributed by atoms with Crippen molar-refractivity contribution in [2.45, 2.75) is 13.3 Å². The van der Waals surface area contributed by atoms with E-state index < -0.39 is 0 Å². The van der Waals surface area contributed by atoms with Crippen LogP contribution in [0.1, 0.15) is 11.3 Å². The fourth-order valence-electron chi connectivity index (χ4n) is 1.73. The second kappa shape index (κ2) is 5.49. The van der Waals surface area contributed by atoms with Crippen molar-refractivity contribution in [3.8, 4) is 0 Å². The maximum Gasteiger partial charge on any atom is 0.149 e. The fraction of sp³-hybridized carbons (Fsp3) is 0.214. The molecule has 3 N–H and O–H groups in total. The summed E-state index contributed by atoms with van der Waals surface area (Å²) in [6, 6.07) is 10.4. The molecule has 1 aromatic heterocycles. The van der Waals surface area contributed by atoms with Gasteiger partial charge in [0.2, 0.25) is 0 Å². The van der Waals surface area contributed by atoms with Gasteiger partial charge in [-0.2, -0.15) is 0 Å². The molecule has 1 aromatic carbocycles. The Morgan fingerprint density at radius 1 is 1.22 bits per heavy atom. The third-order valence-corrected chi connectivity index (χ3v) is 2.71. The maximum atomic E-state index is 13.4. The molecule has 0 saturated heterocycles. The lowest BCUT2D eigenvalue weighted by atomic mass is 10.1. The first kappa shape index (κ1) is 12.4. The normalized spacial score (nSPS) is 10.3. The number of nitrogens with zero attached hydrogens (tertiary/aromatic N) is 1. The smallest absolute Gasteiger partial charge is 0.149 e. The van der Waals surface area contributed by atoms with Gasteiger partial charge in [0.15, 0.2) is 0 Å². The minimum absolute atomic E-state index is 0.176. The molecule has 3 nitrogen and oxygen atoms in total. The third-order valence-electron chi connectivity index (χ3n) is 2.71. The summed E-state index contributed by atoms with van der Waals surface area (Å²) in [5.74, 6) is 0.482. The zero-order valence-corrected chi connectivity index (χ0v) is 10.3. The molecule has 0 radical (unpaired) electrons. The predicted octanol–water partition coefficient (Wildman–Crippen LogP) is 2.77. The molecule has 4 heteroatoms. The number of hydrogen-bond donors (Lipinski definition) is 2. The number of nitrogens with one attached hydrogen (secondary N) is 1. The lowest BCUT2D eigenvalue weighted by Gasteiger charge is -2.09. The minimum Gasteiger partial charge on any atom is -0.396 e. The summed E-state index contributed by atoms with van der Waals surface area (Å²) >= 11 is 0. The van der Waals surface area contributed by atoms with Gasteiger partial charge in [-0.25, -0.2) is 9.37 Å². The number of nitrogens with two attached hydrogens (primary N) is 1. The van der Waals surface area contributed by atoms with Gasteiger partial charge in [0.05, 0.1) is 5.69 Å². The molecule has 0 fully saturated rings. The van der Waals surface area contributed by atoms with Crippen LogP contribution in [0.5, 0.6) is 0 Å². The van der Waals surface area contributed by atoms with Crippen molar-refractivity contribution in [2.24, 2.45) is 0 Å². The van der Waals surface area contributed by atoms with Gasteiger partial charge in [-0.1, -0.05) is 18.2 Å². The van der Waals surface area contributed by atoms with Gasteiger partial charge in [-0.15, -0.1) is 0 Å². The Morgan fingerprint density at radius 2 is 2.00 bits per heavy atom. The van der Waals surface area contributed by atoms with Crippen LogP contribution in [0.4, 0.5) is 15.9 Å². The summed E-state index contributed by atoms with van der Waals surface area (Å²) in [6.07, 6.45) is 0.599. The highest BCUT2D eigenvalue weighted by Crippen LogP contribution is 2.15. The quantitative estimate of drug-likeness (QED) is 0.870. The van der Waals surface area contributed by atoms with Crippen molar-refractivity contribution in [3.63, 3.8) is 0 Å². The van der Waals surface area contributed by atoms with Crippen molar-refractivity contribution in [1.82, 2.24) is 4.98 Å². The van der Waals surface area contributed by atoms with E-state index >= 15 is 0 Å². The van der Waals surface area contributed by atoms with Crippen LogP contribution in [-0.4, -0.2) is 11.5 Å². The number of benzene rings is 1. The van der Waals surface area contributed by atoms with E-state index in [1.165, 1.54) is 6.07 Å². The molecule has 0 aliphatic heterocycles. The molecule has 1 heterocycles. The Bertz CT molecular complexity index is 540. The number of anilines is 2. The molecule has 0 aliphatic carbocycles. The van der Waals surface area contributed by atoms with E-state index in [9.17, 15) is 4.39 Å². The van der Waals surface area contributed by atoms with E-state index in [0.717, 1.165) is 5.69 Å². The Hall–Kier alpha value is -2.10. The molecule has 0 spiro atoms. The van der Waals surface area contributed by atoms with E-state index in [2.05, 4.69) is 10.3 Å². The molecule has 0 saturated carbocycles. The SMILES string of the molecule is Cc1ccc(N)c(NCCc2ccccc2F)n1. The summed E-state index contributed by atoms with van der Waals surface area (Å²) in [5.41, 5.74) is 8.00. The maximum absolute atomic E-state index is 13.4. The molecular weight excluding hydrogens is 229 g/mol. The number of hydrogen-bond acceptors (Lipinski definition) is 3. The lowest BCUT2D eigenvalue weighted by Crippen LogP contribution is -2.09. The first-order valence-electron chi connectivity index (χ1n) is 5.87.